The minimum atomic E-state index is -0.0586. The Morgan fingerprint density at radius 1 is 1.50 bits per heavy atom. The molecule has 1 aliphatic rings. The molecule has 1 saturated carbocycles. The van der Waals surface area contributed by atoms with Crippen LogP contribution in [0.2, 0.25) is 0 Å². The second-order valence-electron chi connectivity index (χ2n) is 5.52. The topological polar surface area (TPSA) is 46.9 Å². The predicted molar refractivity (Wildman–Crippen MR) is 76.8 cm³/mol. The van der Waals surface area contributed by atoms with Gasteiger partial charge in [0.15, 0.2) is 0 Å². The second kappa shape index (κ2) is 5.43. The van der Waals surface area contributed by atoms with Crippen molar-refractivity contribution >= 4 is 21.6 Å². The molecule has 1 unspecified atom stereocenters. The van der Waals surface area contributed by atoms with Gasteiger partial charge in [-0.05, 0) is 47.5 Å². The lowest BCUT2D eigenvalue weighted by molar-refractivity contribution is 0.462. The maximum atomic E-state index is 12.1. The lowest BCUT2D eigenvalue weighted by Crippen LogP contribution is -2.28. The third-order valence-corrected chi connectivity index (χ3v) is 4.00. The highest BCUT2D eigenvalue weighted by atomic mass is 79.9. The van der Waals surface area contributed by atoms with Crippen LogP contribution in [0.15, 0.2) is 15.5 Å². The standard InChI is InChI=1S/C13H20BrN3O/c1-8(2)7-17-13(18)12(14)11(6-15-17)16-9(3)10-4-5-10/h6,8-10,16H,4-5,7H2,1-3H3. The number of aromatic nitrogens is 2. The molecule has 1 heterocycles. The van der Waals surface area contributed by atoms with Crippen molar-refractivity contribution in [1.82, 2.24) is 9.78 Å². The normalized spacial score (nSPS) is 16.9. The molecule has 0 radical (unpaired) electrons. The van der Waals surface area contributed by atoms with Gasteiger partial charge in [-0.25, -0.2) is 4.68 Å². The maximum Gasteiger partial charge on any atom is 0.283 e. The summed E-state index contributed by atoms with van der Waals surface area (Å²) in [5.41, 5.74) is 0.746. The summed E-state index contributed by atoms with van der Waals surface area (Å²) in [6.45, 7) is 6.95. The molecule has 1 atom stereocenters. The fourth-order valence-corrected chi connectivity index (χ4v) is 2.42. The van der Waals surface area contributed by atoms with E-state index in [0.717, 1.165) is 11.6 Å². The van der Waals surface area contributed by atoms with Crippen LogP contribution < -0.4 is 10.9 Å². The minimum Gasteiger partial charge on any atom is -0.380 e. The first kappa shape index (κ1) is 13.6. The van der Waals surface area contributed by atoms with Gasteiger partial charge in [0.25, 0.3) is 5.56 Å². The molecule has 0 saturated heterocycles. The first-order chi connectivity index (χ1) is 8.49. The fraction of sp³-hybridized carbons (Fsp3) is 0.692. The highest BCUT2D eigenvalue weighted by Crippen LogP contribution is 2.34. The second-order valence-corrected chi connectivity index (χ2v) is 6.32. The summed E-state index contributed by atoms with van der Waals surface area (Å²) >= 11 is 3.38. The molecule has 5 heteroatoms. The van der Waals surface area contributed by atoms with Crippen LogP contribution in [0.3, 0.4) is 0 Å². The zero-order valence-corrected chi connectivity index (χ0v) is 12.7. The van der Waals surface area contributed by atoms with Gasteiger partial charge in [0.1, 0.15) is 4.47 Å². The summed E-state index contributed by atoms with van der Waals surface area (Å²) in [7, 11) is 0. The van der Waals surface area contributed by atoms with E-state index < -0.39 is 0 Å². The Bertz CT molecular complexity index is 480. The number of nitrogens with zero attached hydrogens (tertiary/aromatic N) is 2. The first-order valence-electron chi connectivity index (χ1n) is 6.51. The van der Waals surface area contributed by atoms with Gasteiger partial charge in [-0.1, -0.05) is 13.8 Å². The van der Waals surface area contributed by atoms with Crippen LogP contribution in [0.25, 0.3) is 0 Å². The molecular formula is C13H20BrN3O. The van der Waals surface area contributed by atoms with E-state index in [0.29, 0.717) is 23.0 Å². The summed E-state index contributed by atoms with van der Waals surface area (Å²) < 4.78 is 2.10. The zero-order chi connectivity index (χ0) is 13.3. The van der Waals surface area contributed by atoms with Crippen molar-refractivity contribution in [3.05, 3.63) is 21.0 Å². The molecule has 1 fully saturated rings. The van der Waals surface area contributed by atoms with Crippen molar-refractivity contribution in [3.63, 3.8) is 0 Å². The van der Waals surface area contributed by atoms with Gasteiger partial charge in [-0.3, -0.25) is 4.79 Å². The average molecular weight is 314 g/mol. The summed E-state index contributed by atoms with van der Waals surface area (Å²) in [6, 6.07) is 0.406. The van der Waals surface area contributed by atoms with Crippen LogP contribution in [0, 0.1) is 11.8 Å². The first-order valence-corrected chi connectivity index (χ1v) is 7.30. The van der Waals surface area contributed by atoms with Crippen LogP contribution in [0.5, 0.6) is 0 Å². The summed E-state index contributed by atoms with van der Waals surface area (Å²) in [5, 5.41) is 7.59. The number of rotatable bonds is 5. The summed E-state index contributed by atoms with van der Waals surface area (Å²) in [6.07, 6.45) is 4.31. The Kier molecular flexibility index (Phi) is 4.10. The highest BCUT2D eigenvalue weighted by Gasteiger charge is 2.28. The number of halogens is 1. The quantitative estimate of drug-likeness (QED) is 0.909. The van der Waals surface area contributed by atoms with Crippen LogP contribution in [0.4, 0.5) is 5.69 Å². The van der Waals surface area contributed by atoms with Gasteiger partial charge in [-0.2, -0.15) is 5.10 Å². The Hall–Kier alpha value is -0.840. The van der Waals surface area contributed by atoms with E-state index in [2.05, 4.69) is 47.1 Å². The Morgan fingerprint density at radius 3 is 2.72 bits per heavy atom. The summed E-state index contributed by atoms with van der Waals surface area (Å²) in [4.78, 5) is 12.1. The summed E-state index contributed by atoms with van der Waals surface area (Å²) in [5.74, 6) is 1.15. The van der Waals surface area contributed by atoms with E-state index in [4.69, 9.17) is 0 Å². The largest absolute Gasteiger partial charge is 0.380 e. The Morgan fingerprint density at radius 2 is 2.17 bits per heavy atom. The molecule has 1 aromatic rings. The number of hydrogen-bond donors (Lipinski definition) is 1. The minimum absolute atomic E-state index is 0.0586. The van der Waals surface area contributed by atoms with Gasteiger partial charge in [0.2, 0.25) is 0 Å². The molecule has 0 amide bonds. The van der Waals surface area contributed by atoms with Crippen molar-refractivity contribution in [2.75, 3.05) is 5.32 Å². The third kappa shape index (κ3) is 3.13. The van der Waals surface area contributed by atoms with Gasteiger partial charge in [-0.15, -0.1) is 0 Å². The van der Waals surface area contributed by atoms with E-state index in [-0.39, 0.29) is 5.56 Å². The SMILES string of the molecule is CC(C)Cn1ncc(NC(C)C2CC2)c(Br)c1=O. The molecular weight excluding hydrogens is 294 g/mol. The predicted octanol–water partition coefficient (Wildman–Crippen LogP) is 2.87. The van der Waals surface area contributed by atoms with Gasteiger partial charge < -0.3 is 5.32 Å². The molecule has 0 spiro atoms. The van der Waals surface area contributed by atoms with E-state index in [9.17, 15) is 4.79 Å². The fourth-order valence-electron chi connectivity index (χ4n) is 2.00. The lowest BCUT2D eigenvalue weighted by Gasteiger charge is -2.16. The third-order valence-electron chi connectivity index (χ3n) is 3.24. The molecule has 1 N–H and O–H groups in total. The van der Waals surface area contributed by atoms with Crippen molar-refractivity contribution in [3.8, 4) is 0 Å². The molecule has 2 rings (SSSR count). The van der Waals surface area contributed by atoms with Gasteiger partial charge in [0.05, 0.1) is 11.9 Å². The number of nitrogens with one attached hydrogen (secondary N) is 1. The maximum absolute atomic E-state index is 12.1. The molecule has 1 aromatic heterocycles. The van der Waals surface area contributed by atoms with E-state index in [1.165, 1.54) is 17.5 Å². The lowest BCUT2D eigenvalue weighted by atomic mass is 10.2. The van der Waals surface area contributed by atoms with Crippen LogP contribution >= 0.6 is 15.9 Å². The molecule has 100 valence electrons. The molecule has 0 aromatic carbocycles. The van der Waals surface area contributed by atoms with E-state index in [1.54, 1.807) is 6.20 Å². The van der Waals surface area contributed by atoms with Crippen molar-refractivity contribution in [2.45, 2.75) is 46.2 Å². The molecule has 4 nitrogen and oxygen atoms in total. The molecule has 1 aliphatic carbocycles. The molecule has 0 aliphatic heterocycles. The van der Waals surface area contributed by atoms with Crippen LogP contribution in [-0.2, 0) is 6.54 Å². The Balaban J connectivity index is 2.17. The average Bonchev–Trinajstić information content (AvgIpc) is 3.12. The monoisotopic (exact) mass is 313 g/mol. The number of anilines is 1. The van der Waals surface area contributed by atoms with E-state index >= 15 is 0 Å². The van der Waals surface area contributed by atoms with E-state index in [1.807, 2.05) is 0 Å². The van der Waals surface area contributed by atoms with Gasteiger partial charge >= 0.3 is 0 Å². The van der Waals surface area contributed by atoms with Crippen LogP contribution in [0.1, 0.15) is 33.6 Å². The molecule has 18 heavy (non-hydrogen) atoms. The van der Waals surface area contributed by atoms with Crippen molar-refractivity contribution < 1.29 is 0 Å². The molecule has 0 bridgehead atoms. The van der Waals surface area contributed by atoms with Crippen LogP contribution in [-0.4, -0.2) is 15.8 Å². The van der Waals surface area contributed by atoms with Gasteiger partial charge in [0, 0.05) is 12.6 Å². The zero-order valence-electron chi connectivity index (χ0n) is 11.1. The van der Waals surface area contributed by atoms with Crippen molar-refractivity contribution in [1.29, 1.82) is 0 Å². The number of hydrogen-bond acceptors (Lipinski definition) is 3. The smallest absolute Gasteiger partial charge is 0.283 e. The highest BCUT2D eigenvalue weighted by molar-refractivity contribution is 9.10. The van der Waals surface area contributed by atoms with Crippen molar-refractivity contribution in [2.24, 2.45) is 11.8 Å². The Labute approximate surface area is 116 Å².